The molecule has 0 fully saturated rings. The number of halogens is 1. The zero-order chi connectivity index (χ0) is 21.3. The van der Waals surface area contributed by atoms with Crippen LogP contribution >= 0.6 is 0 Å². The van der Waals surface area contributed by atoms with Gasteiger partial charge in [-0.25, -0.2) is 4.39 Å². The third-order valence-electron chi connectivity index (χ3n) is 5.25. The predicted octanol–water partition coefficient (Wildman–Crippen LogP) is 2.83. The number of aryl methyl sites for hydroxylation is 2. The van der Waals surface area contributed by atoms with Gasteiger partial charge >= 0.3 is 0 Å². The number of likely N-dealkylation sites (N-methyl/N-ethyl adjacent to an activating group) is 1. The number of carbonyl (C=O) groups is 1. The molecule has 0 saturated heterocycles. The Kier molecular flexibility index (Phi) is 5.82. The summed E-state index contributed by atoms with van der Waals surface area (Å²) in [4.78, 5) is 11.5. The molecule has 0 saturated carbocycles. The van der Waals surface area contributed by atoms with Crippen molar-refractivity contribution in [3.63, 3.8) is 0 Å². The maximum Gasteiger partial charge on any atom is 0.262 e. The van der Waals surface area contributed by atoms with E-state index in [4.69, 9.17) is 4.74 Å². The Balaban J connectivity index is 1.73. The number of aliphatic hydroxyl groups excluding tert-OH is 1. The third-order valence-corrected chi connectivity index (χ3v) is 5.25. The number of nitrogens with zero attached hydrogens (tertiary/aromatic N) is 1. The Morgan fingerprint density at radius 3 is 2.52 bits per heavy atom. The number of phenolic OH excluding ortho intramolecular Hbond substituents is 1. The number of hydrogen-bond donors (Lipinski definition) is 3. The van der Waals surface area contributed by atoms with Gasteiger partial charge in [0, 0.05) is 18.1 Å². The summed E-state index contributed by atoms with van der Waals surface area (Å²) in [7, 11) is 4.01. The fourth-order valence-corrected chi connectivity index (χ4v) is 3.73. The molecule has 3 rings (SSSR count). The van der Waals surface area contributed by atoms with Gasteiger partial charge in [-0.3, -0.25) is 4.79 Å². The van der Waals surface area contributed by atoms with Gasteiger partial charge in [-0.1, -0.05) is 12.1 Å². The van der Waals surface area contributed by atoms with Crippen LogP contribution in [0.5, 0.6) is 11.5 Å². The number of quaternary nitrogens is 1. The Hall–Kier alpha value is -2.64. The smallest absolute Gasteiger partial charge is 0.262 e. The minimum absolute atomic E-state index is 0.0498. The molecule has 3 N–H and O–H groups in total. The molecule has 1 aliphatic rings. The number of anilines is 1. The number of aromatic hydroxyl groups is 1. The third kappa shape index (κ3) is 4.86. The second-order valence-corrected chi connectivity index (χ2v) is 8.40. The molecule has 2 aromatic carbocycles. The average molecular weight is 403 g/mol. The van der Waals surface area contributed by atoms with Crippen molar-refractivity contribution in [2.45, 2.75) is 26.4 Å². The van der Waals surface area contributed by atoms with Crippen molar-refractivity contribution in [1.82, 2.24) is 0 Å². The van der Waals surface area contributed by atoms with Gasteiger partial charge in [-0.05, 0) is 36.6 Å². The monoisotopic (exact) mass is 403 g/mol. The van der Waals surface area contributed by atoms with Crippen molar-refractivity contribution in [1.29, 1.82) is 0 Å². The fraction of sp³-hybridized carbons (Fsp3) is 0.409. The molecule has 29 heavy (non-hydrogen) atoms. The molecule has 0 bridgehead atoms. The number of benzene rings is 2. The van der Waals surface area contributed by atoms with Crippen LogP contribution in [-0.4, -0.2) is 54.4 Å². The molecule has 156 valence electrons. The first kappa shape index (κ1) is 21.1. The number of aliphatic hydroxyl groups is 1. The van der Waals surface area contributed by atoms with Gasteiger partial charge in [0.1, 0.15) is 30.0 Å². The van der Waals surface area contributed by atoms with Gasteiger partial charge in [-0.2, -0.15) is 0 Å². The summed E-state index contributed by atoms with van der Waals surface area (Å²) in [6, 6.07) is 6.59. The number of phenols is 1. The second kappa shape index (κ2) is 8.00. The summed E-state index contributed by atoms with van der Waals surface area (Å²) in [6.45, 7) is 4.52. The molecule has 1 atom stereocenters. The molecule has 7 heteroatoms. The van der Waals surface area contributed by atoms with Gasteiger partial charge in [0.05, 0.1) is 26.3 Å². The summed E-state index contributed by atoms with van der Waals surface area (Å²) in [5.74, 6) is -0.130. The SMILES string of the molecule is Cc1cc(CC[N+](C)(C)CC(O)c2cc(O)cc3c2OCC(=O)N3)cc(C)c1F. The Labute approximate surface area is 170 Å². The molecule has 0 aromatic heterocycles. The second-order valence-electron chi connectivity index (χ2n) is 8.40. The lowest BCUT2D eigenvalue weighted by atomic mass is 10.0. The first-order valence-electron chi connectivity index (χ1n) is 9.61. The average Bonchev–Trinajstić information content (AvgIpc) is 2.63. The largest absolute Gasteiger partial charge is 0.508 e. The lowest BCUT2D eigenvalue weighted by Gasteiger charge is -2.33. The zero-order valence-corrected chi connectivity index (χ0v) is 17.3. The lowest BCUT2D eigenvalue weighted by Crippen LogP contribution is -2.44. The van der Waals surface area contributed by atoms with E-state index in [1.54, 1.807) is 13.8 Å². The lowest BCUT2D eigenvalue weighted by molar-refractivity contribution is -0.893. The number of fused-ring (bicyclic) bond motifs is 1. The highest BCUT2D eigenvalue weighted by molar-refractivity contribution is 5.96. The van der Waals surface area contributed by atoms with Gasteiger partial charge in [0.2, 0.25) is 0 Å². The maximum absolute atomic E-state index is 13.8. The number of hydrogen-bond acceptors (Lipinski definition) is 4. The van der Waals surface area contributed by atoms with Crippen molar-refractivity contribution in [2.75, 3.05) is 39.1 Å². The van der Waals surface area contributed by atoms with E-state index in [1.807, 2.05) is 26.2 Å². The zero-order valence-electron chi connectivity index (χ0n) is 17.3. The molecule has 1 aliphatic heterocycles. The predicted molar refractivity (Wildman–Crippen MR) is 109 cm³/mol. The van der Waals surface area contributed by atoms with Crippen molar-refractivity contribution in [2.24, 2.45) is 0 Å². The molecule has 0 aliphatic carbocycles. The van der Waals surface area contributed by atoms with Crippen LogP contribution in [0.15, 0.2) is 24.3 Å². The van der Waals surface area contributed by atoms with Crippen LogP contribution in [0.3, 0.4) is 0 Å². The quantitative estimate of drug-likeness (QED) is 0.648. The minimum Gasteiger partial charge on any atom is -0.508 e. The summed E-state index contributed by atoms with van der Waals surface area (Å²) in [5, 5.41) is 23.5. The fourth-order valence-electron chi connectivity index (χ4n) is 3.73. The van der Waals surface area contributed by atoms with E-state index in [0.29, 0.717) is 39.2 Å². The van der Waals surface area contributed by atoms with E-state index in [-0.39, 0.29) is 24.1 Å². The van der Waals surface area contributed by atoms with E-state index in [1.165, 1.54) is 12.1 Å². The summed E-state index contributed by atoms with van der Waals surface area (Å²) < 4.78 is 19.9. The van der Waals surface area contributed by atoms with Gasteiger partial charge < -0.3 is 24.7 Å². The van der Waals surface area contributed by atoms with Gasteiger partial charge in [0.15, 0.2) is 6.61 Å². The molecule has 6 nitrogen and oxygen atoms in total. The molecular formula is C22H28FN2O4+. The van der Waals surface area contributed by atoms with Gasteiger partial charge in [-0.15, -0.1) is 0 Å². The molecule has 0 spiro atoms. The van der Waals surface area contributed by atoms with E-state index >= 15 is 0 Å². The van der Waals surface area contributed by atoms with Gasteiger partial charge in [0.25, 0.3) is 5.91 Å². The number of nitrogens with one attached hydrogen (secondary N) is 1. The molecule has 0 radical (unpaired) electrons. The Bertz CT molecular complexity index is 920. The normalized spacial score (nSPS) is 14.8. The molecule has 2 aromatic rings. The molecule has 1 amide bonds. The minimum atomic E-state index is -0.891. The number of carbonyl (C=O) groups excluding carboxylic acids is 1. The standard InChI is InChI=1S/C22H27FN2O4/c1-13-7-15(8-14(2)21(13)23)5-6-25(3,4)11-19(27)17-9-16(26)10-18-22(17)29-12-20(28)24-18/h7-10,19,27H,5-6,11-12H2,1-4H3,(H-,24,26,28)/p+1. The Morgan fingerprint density at radius 2 is 1.86 bits per heavy atom. The summed E-state index contributed by atoms with van der Waals surface area (Å²) >= 11 is 0. The highest BCUT2D eigenvalue weighted by Crippen LogP contribution is 2.39. The van der Waals surface area contributed by atoms with Crippen LogP contribution in [0.1, 0.15) is 28.4 Å². The van der Waals surface area contributed by atoms with Crippen LogP contribution in [-0.2, 0) is 11.2 Å². The van der Waals surface area contributed by atoms with Crippen LogP contribution < -0.4 is 10.1 Å². The highest BCUT2D eigenvalue weighted by atomic mass is 19.1. The van der Waals surface area contributed by atoms with E-state index in [9.17, 15) is 19.4 Å². The summed E-state index contributed by atoms with van der Waals surface area (Å²) in [6.07, 6.45) is -0.149. The van der Waals surface area contributed by atoms with Crippen LogP contribution in [0.4, 0.5) is 10.1 Å². The first-order valence-corrected chi connectivity index (χ1v) is 9.61. The molecule has 1 unspecified atom stereocenters. The van der Waals surface area contributed by atoms with Crippen LogP contribution in [0.25, 0.3) is 0 Å². The molecular weight excluding hydrogens is 375 g/mol. The highest BCUT2D eigenvalue weighted by Gasteiger charge is 2.28. The van der Waals surface area contributed by atoms with E-state index < -0.39 is 6.10 Å². The van der Waals surface area contributed by atoms with Crippen molar-refractivity contribution in [3.05, 3.63) is 52.3 Å². The first-order chi connectivity index (χ1) is 13.6. The van der Waals surface area contributed by atoms with Crippen LogP contribution in [0, 0.1) is 19.7 Å². The molecule has 1 heterocycles. The summed E-state index contributed by atoms with van der Waals surface area (Å²) in [5.41, 5.74) is 3.13. The van der Waals surface area contributed by atoms with Crippen LogP contribution in [0.2, 0.25) is 0 Å². The van der Waals surface area contributed by atoms with E-state index in [2.05, 4.69) is 5.32 Å². The van der Waals surface area contributed by atoms with Crippen molar-refractivity contribution < 1.29 is 28.6 Å². The number of rotatable bonds is 6. The Morgan fingerprint density at radius 1 is 1.21 bits per heavy atom. The topological polar surface area (TPSA) is 78.8 Å². The maximum atomic E-state index is 13.8. The van der Waals surface area contributed by atoms with Crippen molar-refractivity contribution in [3.8, 4) is 11.5 Å². The van der Waals surface area contributed by atoms with Crippen molar-refractivity contribution >= 4 is 11.6 Å². The van der Waals surface area contributed by atoms with E-state index in [0.717, 1.165) is 18.5 Å². The number of amides is 1. The number of ether oxygens (including phenoxy) is 1.